The van der Waals surface area contributed by atoms with E-state index in [9.17, 15) is 10.1 Å². The molecular weight excluding hydrogens is 390 g/mol. The number of aromatic nitrogens is 2. The van der Waals surface area contributed by atoms with Gasteiger partial charge in [-0.1, -0.05) is 72.8 Å². The van der Waals surface area contributed by atoms with E-state index in [0.717, 1.165) is 22.5 Å². The van der Waals surface area contributed by atoms with Crippen LogP contribution in [-0.2, 0) is 0 Å². The van der Waals surface area contributed by atoms with E-state index in [1.807, 2.05) is 66.7 Å². The van der Waals surface area contributed by atoms with Crippen molar-refractivity contribution in [2.75, 3.05) is 12.1 Å². The van der Waals surface area contributed by atoms with Crippen molar-refractivity contribution < 1.29 is 4.92 Å². The fourth-order valence-electron chi connectivity index (χ4n) is 3.02. The molecule has 7 heteroatoms. The molecule has 1 aromatic heterocycles. The van der Waals surface area contributed by atoms with Crippen LogP contribution in [0.4, 0.5) is 11.6 Å². The molecule has 0 fully saturated rings. The van der Waals surface area contributed by atoms with Crippen LogP contribution in [0.3, 0.4) is 0 Å². The first-order valence-electron chi connectivity index (χ1n) is 9.62. The Labute approximate surface area is 179 Å². The second kappa shape index (κ2) is 8.96. The predicted molar refractivity (Wildman–Crippen MR) is 122 cm³/mol. The van der Waals surface area contributed by atoms with E-state index < -0.39 is 4.92 Å². The standard InChI is InChI=1S/C24H19N5O2/c1-28(25-17-18-9-8-14-21(15-18)29(30)31)24-26-22(19-10-4-2-5-11-19)16-23(27-24)20-12-6-3-7-13-20/h2-17H,1H3. The maximum absolute atomic E-state index is 11.0. The molecule has 0 spiro atoms. The number of non-ortho nitro benzene ring substituents is 1. The summed E-state index contributed by atoms with van der Waals surface area (Å²) in [4.78, 5) is 19.9. The third-order valence-corrected chi connectivity index (χ3v) is 4.60. The molecule has 4 rings (SSSR count). The predicted octanol–water partition coefficient (Wildman–Crippen LogP) is 5.19. The number of hydrazone groups is 1. The second-order valence-corrected chi connectivity index (χ2v) is 6.79. The minimum Gasteiger partial charge on any atom is -0.258 e. The Morgan fingerprint density at radius 1 is 0.839 bits per heavy atom. The highest BCUT2D eigenvalue weighted by atomic mass is 16.6. The Bertz CT molecular complexity index is 1170. The summed E-state index contributed by atoms with van der Waals surface area (Å²) in [5.41, 5.74) is 4.13. The molecule has 0 aliphatic rings. The molecule has 1 heterocycles. The number of benzene rings is 3. The number of anilines is 1. The maximum Gasteiger partial charge on any atom is 0.270 e. The molecule has 7 nitrogen and oxygen atoms in total. The number of nitro groups is 1. The summed E-state index contributed by atoms with van der Waals surface area (Å²) in [6, 6.07) is 28.0. The van der Waals surface area contributed by atoms with Crippen LogP contribution in [0.15, 0.2) is 96.1 Å². The molecule has 0 radical (unpaired) electrons. The van der Waals surface area contributed by atoms with Crippen LogP contribution >= 0.6 is 0 Å². The van der Waals surface area contributed by atoms with Crippen LogP contribution in [0.25, 0.3) is 22.5 Å². The van der Waals surface area contributed by atoms with Gasteiger partial charge in [0.15, 0.2) is 0 Å². The lowest BCUT2D eigenvalue weighted by molar-refractivity contribution is -0.384. The fraction of sp³-hybridized carbons (Fsp3) is 0.0417. The molecule has 4 aromatic rings. The first-order valence-corrected chi connectivity index (χ1v) is 9.62. The lowest BCUT2D eigenvalue weighted by atomic mass is 10.1. The third-order valence-electron chi connectivity index (χ3n) is 4.60. The van der Waals surface area contributed by atoms with Gasteiger partial charge in [0.05, 0.1) is 22.5 Å². The largest absolute Gasteiger partial charge is 0.270 e. The lowest BCUT2D eigenvalue weighted by Gasteiger charge is -2.14. The molecule has 0 bridgehead atoms. The number of hydrogen-bond donors (Lipinski definition) is 0. The molecule has 152 valence electrons. The summed E-state index contributed by atoms with van der Waals surface area (Å²) >= 11 is 0. The fourth-order valence-corrected chi connectivity index (χ4v) is 3.02. The van der Waals surface area contributed by atoms with Crippen molar-refractivity contribution >= 4 is 17.9 Å². The highest BCUT2D eigenvalue weighted by molar-refractivity contribution is 5.81. The van der Waals surface area contributed by atoms with Crippen molar-refractivity contribution in [2.24, 2.45) is 5.10 Å². The monoisotopic (exact) mass is 409 g/mol. The van der Waals surface area contributed by atoms with Crippen molar-refractivity contribution in [1.29, 1.82) is 0 Å². The molecule has 0 N–H and O–H groups in total. The Morgan fingerprint density at radius 3 is 1.97 bits per heavy atom. The topological polar surface area (TPSA) is 84.5 Å². The van der Waals surface area contributed by atoms with Gasteiger partial charge in [-0.3, -0.25) is 10.1 Å². The van der Waals surface area contributed by atoms with Crippen LogP contribution in [0.5, 0.6) is 0 Å². The molecule has 0 unspecified atom stereocenters. The van der Waals surface area contributed by atoms with Crippen molar-refractivity contribution in [3.05, 3.63) is 107 Å². The Kier molecular flexibility index (Phi) is 5.75. The van der Waals surface area contributed by atoms with E-state index in [4.69, 9.17) is 0 Å². The molecule has 3 aromatic carbocycles. The quantitative estimate of drug-likeness (QED) is 0.249. The van der Waals surface area contributed by atoms with E-state index in [1.165, 1.54) is 12.1 Å². The molecule has 0 saturated carbocycles. The van der Waals surface area contributed by atoms with Crippen LogP contribution in [0.1, 0.15) is 5.56 Å². The summed E-state index contributed by atoms with van der Waals surface area (Å²) in [6.07, 6.45) is 1.55. The SMILES string of the molecule is CN(N=Cc1cccc([N+](=O)[O-])c1)c1nc(-c2ccccc2)cc(-c2ccccc2)n1. The van der Waals surface area contributed by atoms with Crippen LogP contribution in [0.2, 0.25) is 0 Å². The summed E-state index contributed by atoms with van der Waals surface area (Å²) in [5.74, 6) is 0.418. The smallest absolute Gasteiger partial charge is 0.258 e. The number of hydrogen-bond acceptors (Lipinski definition) is 6. The van der Waals surface area contributed by atoms with Gasteiger partial charge in [-0.15, -0.1) is 0 Å². The second-order valence-electron chi connectivity index (χ2n) is 6.79. The molecular formula is C24H19N5O2. The maximum atomic E-state index is 11.0. The minimum absolute atomic E-state index is 0.0142. The van der Waals surface area contributed by atoms with Gasteiger partial charge >= 0.3 is 0 Å². The van der Waals surface area contributed by atoms with E-state index in [1.54, 1.807) is 30.4 Å². The van der Waals surface area contributed by atoms with Gasteiger partial charge < -0.3 is 0 Å². The average Bonchev–Trinajstić information content (AvgIpc) is 2.83. The van der Waals surface area contributed by atoms with E-state index in [-0.39, 0.29) is 5.69 Å². The molecule has 0 aliphatic carbocycles. The van der Waals surface area contributed by atoms with Crippen LogP contribution in [-0.4, -0.2) is 28.2 Å². The van der Waals surface area contributed by atoms with Crippen molar-refractivity contribution in [3.8, 4) is 22.5 Å². The first-order chi connectivity index (χ1) is 15.1. The van der Waals surface area contributed by atoms with E-state index in [0.29, 0.717) is 11.5 Å². The van der Waals surface area contributed by atoms with Crippen molar-refractivity contribution in [3.63, 3.8) is 0 Å². The highest BCUT2D eigenvalue weighted by Gasteiger charge is 2.11. The minimum atomic E-state index is -0.431. The molecule has 31 heavy (non-hydrogen) atoms. The van der Waals surface area contributed by atoms with Crippen LogP contribution in [0, 0.1) is 10.1 Å². The van der Waals surface area contributed by atoms with Crippen molar-refractivity contribution in [1.82, 2.24) is 9.97 Å². The van der Waals surface area contributed by atoms with Crippen LogP contribution < -0.4 is 5.01 Å². The van der Waals surface area contributed by atoms with Crippen molar-refractivity contribution in [2.45, 2.75) is 0 Å². The average molecular weight is 409 g/mol. The van der Waals surface area contributed by atoms with Gasteiger partial charge in [0.1, 0.15) is 0 Å². The Morgan fingerprint density at radius 2 is 1.42 bits per heavy atom. The summed E-state index contributed by atoms with van der Waals surface area (Å²) < 4.78 is 0. The summed E-state index contributed by atoms with van der Waals surface area (Å²) in [6.45, 7) is 0. The molecule has 0 saturated heterocycles. The van der Waals surface area contributed by atoms with Gasteiger partial charge in [0, 0.05) is 35.9 Å². The number of rotatable bonds is 6. The van der Waals surface area contributed by atoms with Gasteiger partial charge in [-0.2, -0.15) is 5.10 Å². The zero-order chi connectivity index (χ0) is 21.6. The van der Waals surface area contributed by atoms with E-state index in [2.05, 4.69) is 15.1 Å². The molecule has 0 aliphatic heterocycles. The number of nitro benzene ring substituents is 1. The van der Waals surface area contributed by atoms with E-state index >= 15 is 0 Å². The third kappa shape index (κ3) is 4.79. The normalized spacial score (nSPS) is 10.9. The zero-order valence-corrected chi connectivity index (χ0v) is 16.8. The summed E-state index contributed by atoms with van der Waals surface area (Å²) in [5, 5.41) is 16.9. The van der Waals surface area contributed by atoms with Gasteiger partial charge in [0.25, 0.3) is 5.69 Å². The van der Waals surface area contributed by atoms with Gasteiger partial charge in [-0.25, -0.2) is 15.0 Å². The first kappa shape index (κ1) is 19.9. The highest BCUT2D eigenvalue weighted by Crippen LogP contribution is 2.26. The van der Waals surface area contributed by atoms with Gasteiger partial charge in [-0.05, 0) is 6.07 Å². The zero-order valence-electron chi connectivity index (χ0n) is 16.8. The Hall–Kier alpha value is -4.39. The summed E-state index contributed by atoms with van der Waals surface area (Å²) in [7, 11) is 1.74. The number of nitrogens with zero attached hydrogens (tertiary/aromatic N) is 5. The van der Waals surface area contributed by atoms with Gasteiger partial charge in [0.2, 0.25) is 5.95 Å². The lowest BCUT2D eigenvalue weighted by Crippen LogP contribution is -2.13. The Balaban J connectivity index is 1.71. The molecule has 0 amide bonds. The molecule has 0 atom stereocenters.